The van der Waals surface area contributed by atoms with Gasteiger partial charge >= 0.3 is 0 Å². The molecule has 0 atom stereocenters. The summed E-state index contributed by atoms with van der Waals surface area (Å²) in [5.41, 5.74) is 3.99. The molecule has 1 fully saturated rings. The Labute approximate surface area is 160 Å². The van der Waals surface area contributed by atoms with Crippen LogP contribution in [0.3, 0.4) is 0 Å². The first-order valence-electron chi connectivity index (χ1n) is 9.47. The lowest BCUT2D eigenvalue weighted by molar-refractivity contribution is 0.0449. The zero-order valence-corrected chi connectivity index (χ0v) is 15.8. The van der Waals surface area contributed by atoms with Crippen LogP contribution in [0.15, 0.2) is 53.5 Å². The molecular formula is C22H25ClN2O. The van der Waals surface area contributed by atoms with Gasteiger partial charge in [0.1, 0.15) is 5.84 Å². The molecule has 1 N–H and O–H groups in total. The topological polar surface area (TPSA) is 33.6 Å². The van der Waals surface area contributed by atoms with Crippen molar-refractivity contribution in [3.8, 4) is 0 Å². The van der Waals surface area contributed by atoms with E-state index in [4.69, 9.17) is 21.3 Å². The van der Waals surface area contributed by atoms with Crippen LogP contribution in [0.1, 0.15) is 30.4 Å². The van der Waals surface area contributed by atoms with Crippen molar-refractivity contribution in [2.24, 2.45) is 10.4 Å². The third-order valence-corrected chi connectivity index (χ3v) is 5.77. The SMILES string of the molecule is Clc1cccc(CCCN=C2Nc3ccccc3CC23CCOCC3)c1. The minimum absolute atomic E-state index is 0.114. The highest BCUT2D eigenvalue weighted by Crippen LogP contribution is 2.41. The molecule has 3 nitrogen and oxygen atoms in total. The molecule has 0 aromatic heterocycles. The number of para-hydroxylation sites is 1. The van der Waals surface area contributed by atoms with Crippen LogP contribution in [0.25, 0.3) is 0 Å². The summed E-state index contributed by atoms with van der Waals surface area (Å²) in [7, 11) is 0. The molecule has 0 unspecified atom stereocenters. The molecule has 1 saturated heterocycles. The van der Waals surface area contributed by atoms with Crippen molar-refractivity contribution < 1.29 is 4.74 Å². The molecule has 136 valence electrons. The smallest absolute Gasteiger partial charge is 0.107 e. The molecule has 2 aromatic rings. The third-order valence-electron chi connectivity index (χ3n) is 5.53. The fourth-order valence-corrected chi connectivity index (χ4v) is 4.27. The second-order valence-electron chi connectivity index (χ2n) is 7.32. The molecule has 0 radical (unpaired) electrons. The second-order valence-corrected chi connectivity index (χ2v) is 7.75. The van der Waals surface area contributed by atoms with Gasteiger partial charge in [-0.3, -0.25) is 4.99 Å². The number of nitrogens with zero attached hydrogens (tertiary/aromatic N) is 1. The van der Waals surface area contributed by atoms with Gasteiger partial charge in [-0.05, 0) is 61.4 Å². The van der Waals surface area contributed by atoms with Gasteiger partial charge in [0.25, 0.3) is 0 Å². The molecule has 4 rings (SSSR count). The lowest BCUT2D eigenvalue weighted by Crippen LogP contribution is -2.46. The van der Waals surface area contributed by atoms with E-state index in [1.54, 1.807) is 0 Å². The summed E-state index contributed by atoms with van der Waals surface area (Å²) < 4.78 is 5.63. The molecule has 26 heavy (non-hydrogen) atoms. The van der Waals surface area contributed by atoms with E-state index in [0.29, 0.717) is 0 Å². The lowest BCUT2D eigenvalue weighted by Gasteiger charge is -2.42. The number of aryl methyl sites for hydroxylation is 1. The predicted octanol–water partition coefficient (Wildman–Crippen LogP) is 5.14. The number of fused-ring (bicyclic) bond motifs is 1. The number of aliphatic imine (C=N–C) groups is 1. The molecule has 0 bridgehead atoms. The summed E-state index contributed by atoms with van der Waals surface area (Å²) in [6.45, 7) is 2.48. The Morgan fingerprint density at radius 3 is 2.77 bits per heavy atom. The Kier molecular flexibility index (Phi) is 5.28. The number of halogens is 1. The van der Waals surface area contributed by atoms with E-state index in [2.05, 4.69) is 35.6 Å². The maximum absolute atomic E-state index is 6.08. The van der Waals surface area contributed by atoms with E-state index < -0.39 is 0 Å². The van der Waals surface area contributed by atoms with Crippen LogP contribution in [0, 0.1) is 5.41 Å². The van der Waals surface area contributed by atoms with Gasteiger partial charge in [0, 0.05) is 35.9 Å². The minimum atomic E-state index is 0.114. The van der Waals surface area contributed by atoms with E-state index in [-0.39, 0.29) is 5.41 Å². The molecule has 2 heterocycles. The van der Waals surface area contributed by atoms with Gasteiger partial charge in [0.05, 0.1) is 0 Å². The standard InChI is InChI=1S/C22H25ClN2O/c23-19-8-3-5-17(15-19)6-4-12-24-21-22(10-13-26-14-11-22)16-18-7-1-2-9-20(18)25-21/h1-3,5,7-9,15H,4,6,10-14,16H2,(H,24,25). The van der Waals surface area contributed by atoms with Crippen LogP contribution in [-0.2, 0) is 17.6 Å². The predicted molar refractivity (Wildman–Crippen MR) is 108 cm³/mol. The van der Waals surface area contributed by atoms with Crippen LogP contribution in [-0.4, -0.2) is 25.6 Å². The Morgan fingerprint density at radius 2 is 1.92 bits per heavy atom. The molecule has 4 heteroatoms. The first-order valence-corrected chi connectivity index (χ1v) is 9.85. The number of rotatable bonds is 4. The number of anilines is 1. The van der Waals surface area contributed by atoms with Crippen LogP contribution < -0.4 is 5.32 Å². The van der Waals surface area contributed by atoms with Gasteiger partial charge in [-0.15, -0.1) is 0 Å². The highest BCUT2D eigenvalue weighted by atomic mass is 35.5. The average Bonchev–Trinajstić information content (AvgIpc) is 2.66. The lowest BCUT2D eigenvalue weighted by atomic mass is 9.71. The highest BCUT2D eigenvalue weighted by Gasteiger charge is 2.41. The molecule has 0 saturated carbocycles. The monoisotopic (exact) mass is 368 g/mol. The second kappa shape index (κ2) is 7.81. The highest BCUT2D eigenvalue weighted by molar-refractivity contribution is 6.30. The number of hydrogen-bond acceptors (Lipinski definition) is 2. The Balaban J connectivity index is 1.48. The van der Waals surface area contributed by atoms with E-state index in [1.165, 1.54) is 16.8 Å². The first kappa shape index (κ1) is 17.6. The van der Waals surface area contributed by atoms with Gasteiger partial charge in [-0.1, -0.05) is 41.9 Å². The van der Waals surface area contributed by atoms with Crippen molar-refractivity contribution in [1.82, 2.24) is 0 Å². The molecule has 0 aliphatic carbocycles. The maximum atomic E-state index is 6.08. The zero-order chi connectivity index (χ0) is 17.8. The van der Waals surface area contributed by atoms with Gasteiger partial charge in [-0.2, -0.15) is 0 Å². The van der Waals surface area contributed by atoms with E-state index in [0.717, 1.165) is 62.7 Å². The molecule has 2 aliphatic heterocycles. The van der Waals surface area contributed by atoms with E-state index in [9.17, 15) is 0 Å². The summed E-state index contributed by atoms with van der Waals surface area (Å²) in [6, 6.07) is 16.7. The van der Waals surface area contributed by atoms with Crippen LogP contribution >= 0.6 is 11.6 Å². The van der Waals surface area contributed by atoms with Gasteiger partial charge in [0.2, 0.25) is 0 Å². The molecular weight excluding hydrogens is 344 g/mol. The van der Waals surface area contributed by atoms with Crippen LogP contribution in [0.4, 0.5) is 5.69 Å². The number of hydrogen-bond donors (Lipinski definition) is 1. The summed E-state index contributed by atoms with van der Waals surface area (Å²) in [4.78, 5) is 5.01. The summed E-state index contributed by atoms with van der Waals surface area (Å²) in [6.07, 6.45) is 5.18. The van der Waals surface area contributed by atoms with Gasteiger partial charge < -0.3 is 10.1 Å². The molecule has 0 amide bonds. The van der Waals surface area contributed by atoms with Crippen molar-refractivity contribution in [3.63, 3.8) is 0 Å². The van der Waals surface area contributed by atoms with Crippen molar-refractivity contribution in [2.45, 2.75) is 32.1 Å². The van der Waals surface area contributed by atoms with Gasteiger partial charge in [-0.25, -0.2) is 0 Å². The fraction of sp³-hybridized carbons (Fsp3) is 0.409. The quantitative estimate of drug-likeness (QED) is 0.758. The van der Waals surface area contributed by atoms with Crippen molar-refractivity contribution >= 4 is 23.1 Å². The molecule has 1 spiro atoms. The maximum Gasteiger partial charge on any atom is 0.107 e. The summed E-state index contributed by atoms with van der Waals surface area (Å²) in [5.74, 6) is 1.16. The fourth-order valence-electron chi connectivity index (χ4n) is 4.05. The van der Waals surface area contributed by atoms with Crippen molar-refractivity contribution in [3.05, 3.63) is 64.7 Å². The largest absolute Gasteiger partial charge is 0.381 e. The number of nitrogens with one attached hydrogen (secondary N) is 1. The molecule has 2 aromatic carbocycles. The van der Waals surface area contributed by atoms with Crippen molar-refractivity contribution in [2.75, 3.05) is 25.1 Å². The summed E-state index contributed by atoms with van der Waals surface area (Å²) >= 11 is 6.08. The number of ether oxygens (including phenoxy) is 1. The number of amidine groups is 1. The van der Waals surface area contributed by atoms with Crippen LogP contribution in [0.5, 0.6) is 0 Å². The molecule has 2 aliphatic rings. The number of benzene rings is 2. The van der Waals surface area contributed by atoms with E-state index >= 15 is 0 Å². The zero-order valence-electron chi connectivity index (χ0n) is 15.0. The van der Waals surface area contributed by atoms with Crippen molar-refractivity contribution in [1.29, 1.82) is 0 Å². The van der Waals surface area contributed by atoms with Gasteiger partial charge in [0.15, 0.2) is 0 Å². The normalized spacial score (nSPS) is 20.0. The average molecular weight is 369 g/mol. The van der Waals surface area contributed by atoms with E-state index in [1.807, 2.05) is 18.2 Å². The Bertz CT molecular complexity index is 796. The first-order chi connectivity index (χ1) is 12.8. The minimum Gasteiger partial charge on any atom is -0.381 e. The van der Waals surface area contributed by atoms with Crippen LogP contribution in [0.2, 0.25) is 5.02 Å². The third kappa shape index (κ3) is 3.79. The Hall–Kier alpha value is -1.84. The Morgan fingerprint density at radius 1 is 1.08 bits per heavy atom. The summed E-state index contributed by atoms with van der Waals surface area (Å²) in [5, 5.41) is 4.44.